The standard InChI is InChI=1S/C30H26IN3O6S/c1-39-24-14-19(13-23(31)28(24)40-18-26(35)32-22-9-3-2-4-10-22)15-25-29(37)34(30(38)41-25)17-27(36)33-12-11-20-7-5-6-8-21(20)16-33/h2-10,13-15H,11-12,16-18H2,1H3,(H,32,35)/b25-15-. The van der Waals surface area contributed by atoms with Crippen molar-refractivity contribution in [2.45, 2.75) is 13.0 Å². The minimum absolute atomic E-state index is 0.209. The first-order valence-electron chi connectivity index (χ1n) is 12.8. The lowest BCUT2D eigenvalue weighted by molar-refractivity contribution is -0.136. The number of imide groups is 1. The number of hydrogen-bond acceptors (Lipinski definition) is 7. The van der Waals surface area contributed by atoms with E-state index in [4.69, 9.17) is 9.47 Å². The quantitative estimate of drug-likeness (QED) is 0.265. The molecule has 3 aromatic carbocycles. The van der Waals surface area contributed by atoms with Gasteiger partial charge in [-0.2, -0.15) is 0 Å². The molecule has 1 fully saturated rings. The Morgan fingerprint density at radius 3 is 2.54 bits per heavy atom. The first kappa shape index (κ1) is 28.7. The molecule has 0 saturated carbocycles. The molecule has 1 N–H and O–H groups in total. The first-order valence-corrected chi connectivity index (χ1v) is 14.7. The summed E-state index contributed by atoms with van der Waals surface area (Å²) in [5, 5.41) is 2.27. The number of thioether (sulfide) groups is 1. The van der Waals surface area contributed by atoms with Crippen molar-refractivity contribution in [1.82, 2.24) is 9.80 Å². The number of anilines is 1. The van der Waals surface area contributed by atoms with Gasteiger partial charge in [-0.25, -0.2) is 0 Å². The molecule has 2 aliphatic heterocycles. The number of fused-ring (bicyclic) bond motifs is 1. The third-order valence-electron chi connectivity index (χ3n) is 6.61. The molecule has 210 valence electrons. The molecule has 1 saturated heterocycles. The molecule has 0 atom stereocenters. The van der Waals surface area contributed by atoms with E-state index in [9.17, 15) is 19.2 Å². The van der Waals surface area contributed by atoms with E-state index in [0.717, 1.165) is 28.6 Å². The second-order valence-corrected chi connectivity index (χ2v) is 11.5. The SMILES string of the molecule is COc1cc(/C=C2\SC(=O)N(CC(=O)N3CCc4ccccc4C3)C2=O)cc(I)c1OCC(=O)Nc1ccccc1. The Labute approximate surface area is 255 Å². The number of carbonyl (C=O) groups is 4. The number of nitrogens with one attached hydrogen (secondary N) is 1. The molecule has 0 aromatic heterocycles. The maximum absolute atomic E-state index is 13.1. The number of benzene rings is 3. The number of methoxy groups -OCH3 is 1. The Bertz CT molecular complexity index is 1540. The second-order valence-electron chi connectivity index (χ2n) is 9.34. The molecule has 9 nitrogen and oxygen atoms in total. The average molecular weight is 684 g/mol. The zero-order valence-corrected chi connectivity index (χ0v) is 25.1. The number of rotatable bonds is 8. The lowest BCUT2D eigenvalue weighted by atomic mass is 10.00. The molecule has 2 heterocycles. The predicted molar refractivity (Wildman–Crippen MR) is 165 cm³/mol. The van der Waals surface area contributed by atoms with Gasteiger partial charge in [-0.1, -0.05) is 42.5 Å². The van der Waals surface area contributed by atoms with E-state index in [1.807, 2.05) is 36.4 Å². The number of para-hydroxylation sites is 1. The average Bonchev–Trinajstić information content (AvgIpc) is 3.23. The van der Waals surface area contributed by atoms with E-state index < -0.39 is 11.1 Å². The van der Waals surface area contributed by atoms with Crippen LogP contribution in [0.25, 0.3) is 6.08 Å². The Morgan fingerprint density at radius 1 is 1.05 bits per heavy atom. The molecule has 0 unspecified atom stereocenters. The molecule has 11 heteroatoms. The Kier molecular flexibility index (Phi) is 8.93. The zero-order chi connectivity index (χ0) is 28.9. The van der Waals surface area contributed by atoms with Gasteiger partial charge in [0.15, 0.2) is 18.1 Å². The highest BCUT2D eigenvalue weighted by molar-refractivity contribution is 14.1. The highest BCUT2D eigenvalue weighted by Crippen LogP contribution is 2.37. The molecule has 0 spiro atoms. The summed E-state index contributed by atoms with van der Waals surface area (Å²) in [6.07, 6.45) is 2.32. The first-order chi connectivity index (χ1) is 19.8. The van der Waals surface area contributed by atoms with Gasteiger partial charge in [-0.15, -0.1) is 0 Å². The van der Waals surface area contributed by atoms with Crippen molar-refractivity contribution < 1.29 is 28.7 Å². The molecule has 3 aromatic rings. The fourth-order valence-electron chi connectivity index (χ4n) is 4.55. The molecular formula is C30H26IN3O6S. The third kappa shape index (κ3) is 6.73. The lowest BCUT2D eigenvalue weighted by Gasteiger charge is -2.29. The van der Waals surface area contributed by atoms with Crippen LogP contribution < -0.4 is 14.8 Å². The Hall–Kier alpha value is -3.84. The monoisotopic (exact) mass is 683 g/mol. The highest BCUT2D eigenvalue weighted by Gasteiger charge is 2.37. The summed E-state index contributed by atoms with van der Waals surface area (Å²) in [5.41, 5.74) is 3.56. The van der Waals surface area contributed by atoms with Crippen LogP contribution in [0.2, 0.25) is 0 Å². The van der Waals surface area contributed by atoms with Crippen LogP contribution in [0.1, 0.15) is 16.7 Å². The van der Waals surface area contributed by atoms with Crippen LogP contribution in [0.4, 0.5) is 10.5 Å². The van der Waals surface area contributed by atoms with Gasteiger partial charge in [0, 0.05) is 18.8 Å². The van der Waals surface area contributed by atoms with Crippen molar-refractivity contribution in [3.63, 3.8) is 0 Å². The van der Waals surface area contributed by atoms with Crippen LogP contribution in [0, 0.1) is 3.57 Å². The van der Waals surface area contributed by atoms with E-state index in [2.05, 4.69) is 34.0 Å². The maximum atomic E-state index is 13.1. The molecule has 0 aliphatic carbocycles. The van der Waals surface area contributed by atoms with E-state index in [0.29, 0.717) is 39.4 Å². The zero-order valence-electron chi connectivity index (χ0n) is 22.1. The molecule has 0 radical (unpaired) electrons. The number of amides is 4. The van der Waals surface area contributed by atoms with Crippen LogP contribution in [0.3, 0.4) is 0 Å². The smallest absolute Gasteiger partial charge is 0.294 e. The number of ether oxygens (including phenoxy) is 2. The summed E-state index contributed by atoms with van der Waals surface area (Å²) in [6, 6.07) is 20.4. The van der Waals surface area contributed by atoms with Gasteiger partial charge in [-0.05, 0) is 87.8 Å². The van der Waals surface area contributed by atoms with Gasteiger partial charge in [0.25, 0.3) is 17.1 Å². The van der Waals surface area contributed by atoms with Crippen molar-refractivity contribution in [2.75, 3.05) is 32.1 Å². The molecule has 5 rings (SSSR count). The summed E-state index contributed by atoms with van der Waals surface area (Å²) in [4.78, 5) is 54.0. The number of hydrogen-bond donors (Lipinski definition) is 1. The van der Waals surface area contributed by atoms with Gasteiger partial charge in [0.05, 0.1) is 15.6 Å². The van der Waals surface area contributed by atoms with Crippen LogP contribution in [0.15, 0.2) is 71.6 Å². The normalized spacial score (nSPS) is 15.6. The maximum Gasteiger partial charge on any atom is 0.294 e. The van der Waals surface area contributed by atoms with Crippen molar-refractivity contribution in [3.05, 3.63) is 91.9 Å². The van der Waals surface area contributed by atoms with Gasteiger partial charge >= 0.3 is 0 Å². The van der Waals surface area contributed by atoms with E-state index in [1.54, 1.807) is 35.2 Å². The van der Waals surface area contributed by atoms with E-state index in [-0.39, 0.29) is 29.9 Å². The second kappa shape index (κ2) is 12.8. The van der Waals surface area contributed by atoms with Crippen molar-refractivity contribution >= 4 is 69.1 Å². The van der Waals surface area contributed by atoms with Crippen LogP contribution in [-0.2, 0) is 27.3 Å². The number of nitrogens with zero attached hydrogens (tertiary/aromatic N) is 2. The molecule has 0 bridgehead atoms. The minimum Gasteiger partial charge on any atom is -0.493 e. The lowest BCUT2D eigenvalue weighted by Crippen LogP contribution is -2.44. The fraction of sp³-hybridized carbons (Fsp3) is 0.200. The largest absolute Gasteiger partial charge is 0.493 e. The van der Waals surface area contributed by atoms with Gasteiger partial charge in [0.1, 0.15) is 6.54 Å². The van der Waals surface area contributed by atoms with Crippen LogP contribution in [0.5, 0.6) is 11.5 Å². The van der Waals surface area contributed by atoms with E-state index >= 15 is 0 Å². The summed E-state index contributed by atoms with van der Waals surface area (Å²) in [6.45, 7) is 0.475. The van der Waals surface area contributed by atoms with Crippen LogP contribution in [-0.4, -0.2) is 59.6 Å². The number of carbonyl (C=O) groups excluding carboxylic acids is 4. The minimum atomic E-state index is -0.516. The molecule has 4 amide bonds. The fourth-order valence-corrected chi connectivity index (χ4v) is 6.17. The van der Waals surface area contributed by atoms with Gasteiger partial charge in [0.2, 0.25) is 5.91 Å². The topological polar surface area (TPSA) is 105 Å². The predicted octanol–water partition coefficient (Wildman–Crippen LogP) is 4.94. The van der Waals surface area contributed by atoms with Crippen LogP contribution >= 0.6 is 34.4 Å². The van der Waals surface area contributed by atoms with Gasteiger partial charge in [-0.3, -0.25) is 24.1 Å². The van der Waals surface area contributed by atoms with Crippen molar-refractivity contribution in [1.29, 1.82) is 0 Å². The third-order valence-corrected chi connectivity index (χ3v) is 8.31. The molecule has 2 aliphatic rings. The van der Waals surface area contributed by atoms with Crippen molar-refractivity contribution in [3.8, 4) is 11.5 Å². The Morgan fingerprint density at radius 2 is 1.78 bits per heavy atom. The van der Waals surface area contributed by atoms with Crippen molar-refractivity contribution in [2.24, 2.45) is 0 Å². The summed E-state index contributed by atoms with van der Waals surface area (Å²) in [7, 11) is 1.48. The summed E-state index contributed by atoms with van der Waals surface area (Å²) >= 11 is 2.85. The summed E-state index contributed by atoms with van der Waals surface area (Å²) in [5.74, 6) is -0.351. The number of halogens is 1. The van der Waals surface area contributed by atoms with E-state index in [1.165, 1.54) is 12.7 Å². The molecular weight excluding hydrogens is 657 g/mol. The highest BCUT2D eigenvalue weighted by atomic mass is 127. The van der Waals surface area contributed by atoms with Gasteiger partial charge < -0.3 is 19.7 Å². The molecule has 41 heavy (non-hydrogen) atoms. The Balaban J connectivity index is 1.24. The summed E-state index contributed by atoms with van der Waals surface area (Å²) < 4.78 is 11.9.